The van der Waals surface area contributed by atoms with Crippen LogP contribution in [0.2, 0.25) is 0 Å². The summed E-state index contributed by atoms with van der Waals surface area (Å²) in [6.07, 6.45) is 0.918. The van der Waals surface area contributed by atoms with Crippen molar-refractivity contribution in [2.45, 2.75) is 13.0 Å². The van der Waals surface area contributed by atoms with Crippen LogP contribution in [0.4, 0.5) is 0 Å². The van der Waals surface area contributed by atoms with Crippen LogP contribution in [0.3, 0.4) is 0 Å². The van der Waals surface area contributed by atoms with Gasteiger partial charge in [-0.15, -0.1) is 0 Å². The first-order valence-corrected chi connectivity index (χ1v) is 2.10. The summed E-state index contributed by atoms with van der Waals surface area (Å²) >= 11 is 0. The Balaban J connectivity index is 3.62. The SMILES string of the molecule is CC(O)C#CC#CO. The molecule has 0 saturated carbocycles. The van der Waals surface area contributed by atoms with Crippen molar-refractivity contribution in [1.82, 2.24) is 0 Å². The molecule has 1 unspecified atom stereocenters. The minimum atomic E-state index is -0.671. The highest BCUT2D eigenvalue weighted by atomic mass is 16.3. The number of aliphatic hydroxyl groups excluding tert-OH is 2. The van der Waals surface area contributed by atoms with Gasteiger partial charge in [0.05, 0.1) is 0 Å². The van der Waals surface area contributed by atoms with E-state index in [9.17, 15) is 0 Å². The van der Waals surface area contributed by atoms with Crippen LogP contribution < -0.4 is 0 Å². The molecule has 0 aliphatic heterocycles. The maximum atomic E-state index is 8.46. The van der Waals surface area contributed by atoms with Gasteiger partial charge in [-0.2, -0.15) is 0 Å². The number of hydrogen-bond acceptors (Lipinski definition) is 2. The Morgan fingerprint density at radius 2 is 2.00 bits per heavy atom. The minimum absolute atomic E-state index is 0.671. The summed E-state index contributed by atoms with van der Waals surface area (Å²) in [6, 6.07) is 0. The lowest BCUT2D eigenvalue weighted by atomic mass is 10.4. The monoisotopic (exact) mass is 110 g/mol. The molecular weight excluding hydrogens is 104 g/mol. The summed E-state index contributed by atoms with van der Waals surface area (Å²) in [7, 11) is 0. The molecule has 2 heteroatoms. The van der Waals surface area contributed by atoms with Crippen LogP contribution in [0.1, 0.15) is 6.92 Å². The fourth-order valence-corrected chi connectivity index (χ4v) is 0.168. The zero-order valence-electron chi connectivity index (χ0n) is 4.47. The molecule has 0 heterocycles. The lowest BCUT2D eigenvalue weighted by molar-refractivity contribution is 0.253. The van der Waals surface area contributed by atoms with Crippen molar-refractivity contribution >= 4 is 0 Å². The predicted molar refractivity (Wildman–Crippen MR) is 29.2 cm³/mol. The summed E-state index contributed by atoms with van der Waals surface area (Å²) in [5.41, 5.74) is 0. The molecule has 0 aromatic rings. The van der Waals surface area contributed by atoms with E-state index in [1.807, 2.05) is 0 Å². The molecule has 0 aliphatic rings. The third kappa shape index (κ3) is 4.88. The van der Waals surface area contributed by atoms with Gasteiger partial charge in [-0.05, 0) is 12.8 Å². The van der Waals surface area contributed by atoms with Crippen molar-refractivity contribution in [2.75, 3.05) is 0 Å². The molecule has 8 heavy (non-hydrogen) atoms. The quantitative estimate of drug-likeness (QED) is 0.420. The predicted octanol–water partition coefficient (Wildman–Crippen LogP) is -0.296. The van der Waals surface area contributed by atoms with Crippen LogP contribution in [0.25, 0.3) is 0 Å². The summed E-state index contributed by atoms with van der Waals surface area (Å²) in [6.45, 7) is 1.52. The Kier molecular flexibility index (Phi) is 3.48. The number of aliphatic hydroxyl groups is 2. The molecule has 2 N–H and O–H groups in total. The summed E-state index contributed by atoms with van der Waals surface area (Å²) in [4.78, 5) is 0. The van der Waals surface area contributed by atoms with Crippen LogP contribution in [-0.4, -0.2) is 16.3 Å². The fourth-order valence-electron chi connectivity index (χ4n) is 0.168. The topological polar surface area (TPSA) is 40.5 Å². The van der Waals surface area contributed by atoms with Gasteiger partial charge in [0.15, 0.2) is 0 Å². The maximum absolute atomic E-state index is 8.46. The Morgan fingerprint density at radius 3 is 2.38 bits per heavy atom. The Labute approximate surface area is 48.2 Å². The molecule has 0 bridgehead atoms. The van der Waals surface area contributed by atoms with Crippen LogP contribution in [0.15, 0.2) is 0 Å². The molecule has 2 nitrogen and oxygen atoms in total. The van der Waals surface area contributed by atoms with Gasteiger partial charge in [0.2, 0.25) is 0 Å². The highest BCUT2D eigenvalue weighted by Gasteiger charge is 1.78. The molecule has 0 radical (unpaired) electrons. The van der Waals surface area contributed by atoms with E-state index < -0.39 is 6.10 Å². The molecule has 42 valence electrons. The van der Waals surface area contributed by atoms with Crippen LogP contribution in [-0.2, 0) is 0 Å². The molecule has 1 atom stereocenters. The van der Waals surface area contributed by atoms with E-state index in [1.54, 1.807) is 6.11 Å². The van der Waals surface area contributed by atoms with Crippen molar-refractivity contribution < 1.29 is 10.2 Å². The average Bonchev–Trinajstić information content (AvgIpc) is 1.66. The van der Waals surface area contributed by atoms with E-state index in [-0.39, 0.29) is 0 Å². The molecule has 0 spiro atoms. The second kappa shape index (κ2) is 4.05. The van der Waals surface area contributed by atoms with Crippen molar-refractivity contribution in [1.29, 1.82) is 0 Å². The minimum Gasteiger partial charge on any atom is -0.461 e. The first-order chi connectivity index (χ1) is 3.77. The van der Waals surface area contributed by atoms with Crippen molar-refractivity contribution in [2.24, 2.45) is 0 Å². The van der Waals surface area contributed by atoms with Gasteiger partial charge >= 0.3 is 0 Å². The van der Waals surface area contributed by atoms with Gasteiger partial charge in [-0.1, -0.05) is 5.92 Å². The highest BCUT2D eigenvalue weighted by Crippen LogP contribution is 1.69. The molecule has 0 amide bonds. The molecule has 0 fully saturated rings. The van der Waals surface area contributed by atoms with Gasteiger partial charge in [0, 0.05) is 5.92 Å². The van der Waals surface area contributed by atoms with Gasteiger partial charge in [-0.25, -0.2) is 0 Å². The fraction of sp³-hybridized carbons (Fsp3) is 0.333. The third-order valence-corrected chi connectivity index (χ3v) is 0.399. The van der Waals surface area contributed by atoms with Gasteiger partial charge in [0.1, 0.15) is 12.2 Å². The first-order valence-electron chi connectivity index (χ1n) is 2.10. The molecule has 0 rings (SSSR count). The zero-order valence-corrected chi connectivity index (χ0v) is 4.47. The maximum Gasteiger partial charge on any atom is 0.122 e. The van der Waals surface area contributed by atoms with Crippen LogP contribution in [0, 0.1) is 23.9 Å². The standard InChI is InChI=1S/C6H6O2/c1-6(8)4-2-3-5-7/h6-8H,1H3. The summed E-state index contributed by atoms with van der Waals surface area (Å²) in [5.74, 6) is 6.61. The van der Waals surface area contributed by atoms with Gasteiger partial charge < -0.3 is 10.2 Å². The van der Waals surface area contributed by atoms with E-state index in [0.29, 0.717) is 0 Å². The Bertz CT molecular complexity index is 160. The van der Waals surface area contributed by atoms with E-state index in [2.05, 4.69) is 17.8 Å². The molecule has 0 aliphatic carbocycles. The van der Waals surface area contributed by atoms with E-state index in [4.69, 9.17) is 10.2 Å². The van der Waals surface area contributed by atoms with Crippen molar-refractivity contribution in [3.63, 3.8) is 0 Å². The summed E-state index contributed by atoms with van der Waals surface area (Å²) in [5, 5.41) is 16.3. The zero-order chi connectivity index (χ0) is 6.41. The normalized spacial score (nSPS) is 9.75. The van der Waals surface area contributed by atoms with E-state index in [0.717, 1.165) is 0 Å². The van der Waals surface area contributed by atoms with Gasteiger partial charge in [0.25, 0.3) is 0 Å². The van der Waals surface area contributed by atoms with Crippen molar-refractivity contribution in [3.05, 3.63) is 0 Å². The summed E-state index contributed by atoms with van der Waals surface area (Å²) < 4.78 is 0. The third-order valence-electron chi connectivity index (χ3n) is 0.399. The average molecular weight is 110 g/mol. The largest absolute Gasteiger partial charge is 0.461 e. The lowest BCUT2D eigenvalue weighted by Gasteiger charge is -1.82. The molecule has 0 aromatic carbocycles. The molecule has 0 aromatic heterocycles. The molecule has 0 saturated heterocycles. The lowest BCUT2D eigenvalue weighted by Crippen LogP contribution is -1.91. The first kappa shape index (κ1) is 6.88. The van der Waals surface area contributed by atoms with Gasteiger partial charge in [-0.3, -0.25) is 0 Å². The van der Waals surface area contributed by atoms with E-state index in [1.165, 1.54) is 6.92 Å². The van der Waals surface area contributed by atoms with E-state index >= 15 is 0 Å². The molecular formula is C6H6O2. The number of hydrogen-bond donors (Lipinski definition) is 2. The second-order valence-electron chi connectivity index (χ2n) is 1.18. The smallest absolute Gasteiger partial charge is 0.122 e. The van der Waals surface area contributed by atoms with Crippen LogP contribution in [0.5, 0.6) is 0 Å². The number of rotatable bonds is 0. The Morgan fingerprint density at radius 1 is 1.38 bits per heavy atom. The second-order valence-corrected chi connectivity index (χ2v) is 1.18. The van der Waals surface area contributed by atoms with Crippen LogP contribution >= 0.6 is 0 Å². The van der Waals surface area contributed by atoms with Crippen molar-refractivity contribution in [3.8, 4) is 23.9 Å². The Hall–Kier alpha value is -1.12. The highest BCUT2D eigenvalue weighted by molar-refractivity contribution is 5.24.